The number of hydrogen-bond acceptors (Lipinski definition) is 30. The van der Waals surface area contributed by atoms with Crippen molar-refractivity contribution in [2.24, 2.45) is 0 Å². The molecule has 4 aliphatic rings. The molecule has 450 valence electrons. The number of hydrogen-bond donors (Lipinski definition) is 19. The van der Waals surface area contributed by atoms with Gasteiger partial charge in [0.1, 0.15) is 116 Å². The molecule has 77 heavy (non-hydrogen) atoms. The van der Waals surface area contributed by atoms with E-state index in [1.807, 2.05) is 0 Å². The molecular weight excluding hydrogens is 1050 g/mol. The zero-order chi connectivity index (χ0) is 57.6. The van der Waals surface area contributed by atoms with E-state index in [9.17, 15) is 96.1 Å². The lowest BCUT2D eigenvalue weighted by Gasteiger charge is -2.49. The summed E-state index contributed by atoms with van der Waals surface area (Å²) in [5, 5.41) is 178. The van der Waals surface area contributed by atoms with E-state index in [0.29, 0.717) is 0 Å². The molecule has 0 spiro atoms. The summed E-state index contributed by atoms with van der Waals surface area (Å²) < 4.78 is 63.5. The molecule has 4 aliphatic heterocycles. The second-order valence-electron chi connectivity index (χ2n) is 18.8. The standard InChI is InChI=1S/C44H79N3O30/c1-15-27(45-16(2)54)34(63)39(23(10-51)70-15)76-42-29(47-18(4)56)35(64)38(24(11-52)74-42)75-26(12-53)71-25(20(58)13-68-43(67-5)37(66)30(59)19(57)6-7-48)14-69-44-40(36(65)32(61)22(9-50)73-44)77-41-28(46-17(3)55)33(62)31(60)21(8-49)72-41/h15,19-44,48-53,57-66H,6-14H2,1-5H3,(H,45,54)(H,46,55)(H,47,56)/t15-,19+,20-,21?,22?,23?,24?,25?,26-,27?,28?,29?,30?,31+,32+,33?,34?,35?,36?,37?,38+,39+,40?,41-,42-,43+,44-/m0/s1. The van der Waals surface area contributed by atoms with Crippen LogP contribution in [0.25, 0.3) is 0 Å². The number of carbonyl (C=O) groups excluding carboxylic acids is 3. The summed E-state index contributed by atoms with van der Waals surface area (Å²) in [5.74, 6) is -2.10. The molecule has 4 rings (SSSR count). The van der Waals surface area contributed by atoms with Gasteiger partial charge in [-0.2, -0.15) is 0 Å². The summed E-state index contributed by atoms with van der Waals surface area (Å²) in [6.45, 7) is -2.45. The molecule has 15 unspecified atom stereocenters. The van der Waals surface area contributed by atoms with Gasteiger partial charge in [0.05, 0.1) is 64.5 Å². The number of aliphatic hydroxyl groups is 16. The van der Waals surface area contributed by atoms with Gasteiger partial charge >= 0.3 is 0 Å². The maximum absolute atomic E-state index is 12.6. The molecule has 33 nitrogen and oxygen atoms in total. The van der Waals surface area contributed by atoms with E-state index in [1.165, 1.54) is 13.8 Å². The Morgan fingerprint density at radius 1 is 0.545 bits per heavy atom. The highest BCUT2D eigenvalue weighted by Crippen LogP contribution is 2.33. The monoisotopic (exact) mass is 1130 g/mol. The largest absolute Gasteiger partial charge is 0.396 e. The number of amides is 3. The zero-order valence-corrected chi connectivity index (χ0v) is 42.8. The average molecular weight is 1130 g/mol. The third-order valence-electron chi connectivity index (χ3n) is 13.1. The molecule has 0 bridgehead atoms. The van der Waals surface area contributed by atoms with E-state index in [1.54, 1.807) is 0 Å². The fourth-order valence-electron chi connectivity index (χ4n) is 9.08. The SMILES string of the molecule is CO[C@H](OC[C@H](O)C(CO[C@H]1OC(CO)[C@@H](O)C(O)C1O[C@@H]1OC(CO)[C@@H](O)C(O)C1NC(C)=O)O[C@H](CO)O[C@@H]1C(CO)O[C@@H](O[C@@H]2C(CO)O[C@@H](C)C(NC(C)=O)C2O)C(NC(C)=O)C1O)C(O)C(O)[C@H](O)CCO. The molecule has 0 aromatic rings. The highest BCUT2D eigenvalue weighted by molar-refractivity contribution is 5.74. The second kappa shape index (κ2) is 31.5. The van der Waals surface area contributed by atoms with Gasteiger partial charge < -0.3 is 150 Å². The molecule has 4 fully saturated rings. The van der Waals surface area contributed by atoms with Crippen molar-refractivity contribution in [2.75, 3.05) is 60.0 Å². The van der Waals surface area contributed by atoms with Crippen molar-refractivity contribution < 1.29 is 148 Å². The van der Waals surface area contributed by atoms with E-state index in [2.05, 4.69) is 16.0 Å². The van der Waals surface area contributed by atoms with Crippen LogP contribution >= 0.6 is 0 Å². The summed E-state index contributed by atoms with van der Waals surface area (Å²) >= 11 is 0. The van der Waals surface area contributed by atoms with Crippen LogP contribution in [0.15, 0.2) is 0 Å². The molecule has 3 amide bonds. The van der Waals surface area contributed by atoms with Crippen LogP contribution in [0.4, 0.5) is 0 Å². The summed E-state index contributed by atoms with van der Waals surface area (Å²) in [4.78, 5) is 36.7. The van der Waals surface area contributed by atoms with Crippen LogP contribution in [0.1, 0.15) is 34.1 Å². The maximum atomic E-state index is 12.6. The Morgan fingerprint density at radius 3 is 1.55 bits per heavy atom. The fraction of sp³-hybridized carbons (Fsp3) is 0.932. The minimum atomic E-state index is -2.07. The van der Waals surface area contributed by atoms with Crippen molar-refractivity contribution in [1.82, 2.24) is 16.0 Å². The molecule has 27 atom stereocenters. The third-order valence-corrected chi connectivity index (χ3v) is 13.1. The predicted octanol–water partition coefficient (Wildman–Crippen LogP) is -11.7. The summed E-state index contributed by atoms with van der Waals surface area (Å²) in [7, 11) is 1.02. The molecule has 4 heterocycles. The van der Waals surface area contributed by atoms with Gasteiger partial charge in [0.2, 0.25) is 17.7 Å². The van der Waals surface area contributed by atoms with Crippen LogP contribution in [-0.2, 0) is 66.5 Å². The van der Waals surface area contributed by atoms with Crippen LogP contribution in [0, 0.1) is 0 Å². The van der Waals surface area contributed by atoms with Gasteiger partial charge in [-0.1, -0.05) is 0 Å². The van der Waals surface area contributed by atoms with Gasteiger partial charge in [-0.15, -0.1) is 0 Å². The molecule has 0 aliphatic carbocycles. The minimum absolute atomic E-state index is 0.380. The van der Waals surface area contributed by atoms with Crippen LogP contribution in [0.5, 0.6) is 0 Å². The van der Waals surface area contributed by atoms with Crippen molar-refractivity contribution >= 4 is 17.7 Å². The first-order valence-corrected chi connectivity index (χ1v) is 24.7. The van der Waals surface area contributed by atoms with Crippen LogP contribution < -0.4 is 16.0 Å². The molecule has 33 heteroatoms. The first-order valence-electron chi connectivity index (χ1n) is 24.7. The Hall–Kier alpha value is -2.67. The minimum Gasteiger partial charge on any atom is -0.396 e. The number of rotatable bonds is 29. The van der Waals surface area contributed by atoms with Gasteiger partial charge in [0, 0.05) is 34.5 Å². The third kappa shape index (κ3) is 17.4. The Balaban J connectivity index is 1.67. The molecule has 0 saturated carbocycles. The van der Waals surface area contributed by atoms with Gasteiger partial charge in [0.15, 0.2) is 31.5 Å². The van der Waals surface area contributed by atoms with Crippen LogP contribution in [0.2, 0.25) is 0 Å². The van der Waals surface area contributed by atoms with Gasteiger partial charge in [-0.3, -0.25) is 14.4 Å². The van der Waals surface area contributed by atoms with E-state index < -0.39 is 236 Å². The topological polar surface area (TPSA) is 513 Å². The molecule has 0 aromatic heterocycles. The number of nitrogens with one attached hydrogen (secondary N) is 3. The molecule has 19 N–H and O–H groups in total. The first-order chi connectivity index (χ1) is 36.4. The Morgan fingerprint density at radius 2 is 1.03 bits per heavy atom. The van der Waals surface area contributed by atoms with Crippen molar-refractivity contribution in [1.29, 1.82) is 0 Å². The van der Waals surface area contributed by atoms with E-state index in [4.69, 9.17) is 52.1 Å². The molecule has 4 saturated heterocycles. The smallest absolute Gasteiger partial charge is 0.217 e. The van der Waals surface area contributed by atoms with E-state index in [-0.39, 0.29) is 6.42 Å². The zero-order valence-electron chi connectivity index (χ0n) is 42.8. The summed E-state index contributed by atoms with van der Waals surface area (Å²) in [6, 6.07) is -4.35. The van der Waals surface area contributed by atoms with Gasteiger partial charge in [0.25, 0.3) is 0 Å². The number of methoxy groups -OCH3 is 1. The molecule has 0 aromatic carbocycles. The fourth-order valence-corrected chi connectivity index (χ4v) is 9.08. The Kier molecular flexibility index (Phi) is 27.4. The van der Waals surface area contributed by atoms with E-state index in [0.717, 1.165) is 21.0 Å². The van der Waals surface area contributed by atoms with Crippen molar-refractivity contribution in [3.05, 3.63) is 0 Å². The summed E-state index contributed by atoms with van der Waals surface area (Å²) in [5.41, 5.74) is 0. The molecule has 0 radical (unpaired) electrons. The first kappa shape index (κ1) is 66.8. The van der Waals surface area contributed by atoms with E-state index >= 15 is 0 Å². The Bertz CT molecular complexity index is 1770. The predicted molar refractivity (Wildman–Crippen MR) is 246 cm³/mol. The number of aliphatic hydroxyl groups excluding tert-OH is 16. The van der Waals surface area contributed by atoms with Crippen molar-refractivity contribution in [2.45, 2.75) is 200 Å². The lowest BCUT2D eigenvalue weighted by Crippen LogP contribution is -2.69. The number of carbonyl (C=O) groups is 3. The highest BCUT2D eigenvalue weighted by atomic mass is 16.8. The quantitative estimate of drug-likeness (QED) is 0.0309. The van der Waals surface area contributed by atoms with Crippen molar-refractivity contribution in [3.63, 3.8) is 0 Å². The second-order valence-corrected chi connectivity index (χ2v) is 18.8. The highest BCUT2D eigenvalue weighted by Gasteiger charge is 2.54. The van der Waals surface area contributed by atoms with Crippen LogP contribution in [-0.4, -0.2) is 325 Å². The Labute approximate surface area is 440 Å². The van der Waals surface area contributed by atoms with Crippen LogP contribution in [0.3, 0.4) is 0 Å². The average Bonchev–Trinajstić information content (AvgIpc) is 3.39. The van der Waals surface area contributed by atoms with Gasteiger partial charge in [-0.05, 0) is 13.3 Å². The normalized spacial score (nSPS) is 38.6. The summed E-state index contributed by atoms with van der Waals surface area (Å²) in [6.07, 6.45) is -42.8. The van der Waals surface area contributed by atoms with Crippen molar-refractivity contribution in [3.8, 4) is 0 Å². The van der Waals surface area contributed by atoms with Gasteiger partial charge in [-0.25, -0.2) is 0 Å². The maximum Gasteiger partial charge on any atom is 0.217 e. The molecular formula is C44H79N3O30. The lowest BCUT2D eigenvalue weighted by molar-refractivity contribution is -0.361. The number of ether oxygens (including phenoxy) is 11. The lowest BCUT2D eigenvalue weighted by atomic mass is 9.92.